The molecule has 2 atom stereocenters. The third-order valence-electron chi connectivity index (χ3n) is 2.52. The highest BCUT2D eigenvalue weighted by molar-refractivity contribution is 5.68. The highest BCUT2D eigenvalue weighted by Crippen LogP contribution is 2.29. The summed E-state index contributed by atoms with van der Waals surface area (Å²) < 4.78 is 5.10. The Hall–Kier alpha value is -0.770. The molecule has 2 rings (SSSR count). The minimum atomic E-state index is -0.281. The van der Waals surface area contributed by atoms with Crippen LogP contribution in [0.25, 0.3) is 0 Å². The summed E-state index contributed by atoms with van der Waals surface area (Å²) in [5.41, 5.74) is 0.105. The molecule has 4 heteroatoms. The van der Waals surface area contributed by atoms with E-state index in [0.29, 0.717) is 0 Å². The highest BCUT2D eigenvalue weighted by atomic mass is 16.6. The van der Waals surface area contributed by atoms with Gasteiger partial charge in [-0.05, 0) is 0 Å². The van der Waals surface area contributed by atoms with Gasteiger partial charge in [-0.2, -0.15) is 0 Å². The minimum absolute atomic E-state index is 0.0660. The summed E-state index contributed by atoms with van der Waals surface area (Å²) in [5, 5.41) is 5.90. The molecule has 11 heavy (non-hydrogen) atoms. The van der Waals surface area contributed by atoms with Crippen LogP contribution in [0.2, 0.25) is 0 Å². The molecule has 2 saturated heterocycles. The van der Waals surface area contributed by atoms with Gasteiger partial charge in [-0.1, -0.05) is 6.92 Å². The summed E-state index contributed by atoms with van der Waals surface area (Å²) >= 11 is 0. The van der Waals surface area contributed by atoms with E-state index < -0.39 is 0 Å². The molecule has 1 amide bonds. The number of carbonyl (C=O) groups excluding carboxylic acids is 1. The maximum Gasteiger partial charge on any atom is 0.407 e. The van der Waals surface area contributed by atoms with E-state index in [2.05, 4.69) is 17.6 Å². The van der Waals surface area contributed by atoms with E-state index in [-0.39, 0.29) is 17.6 Å². The molecule has 0 radical (unpaired) electrons. The van der Waals surface area contributed by atoms with Crippen LogP contribution in [0, 0.1) is 5.41 Å². The first-order valence-corrected chi connectivity index (χ1v) is 3.86. The monoisotopic (exact) mass is 156 g/mol. The maximum atomic E-state index is 10.8. The van der Waals surface area contributed by atoms with Crippen LogP contribution in [0.1, 0.15) is 6.92 Å². The molecule has 2 fully saturated rings. The van der Waals surface area contributed by atoms with Gasteiger partial charge in [0.05, 0.1) is 0 Å². The van der Waals surface area contributed by atoms with Gasteiger partial charge >= 0.3 is 6.09 Å². The molecular weight excluding hydrogens is 144 g/mol. The normalized spacial score (nSPS) is 42.6. The van der Waals surface area contributed by atoms with E-state index in [0.717, 1.165) is 19.6 Å². The second kappa shape index (κ2) is 2.11. The third-order valence-corrected chi connectivity index (χ3v) is 2.52. The third kappa shape index (κ3) is 0.976. The van der Waals surface area contributed by atoms with Gasteiger partial charge in [0.25, 0.3) is 0 Å². The lowest BCUT2D eigenvalue weighted by Crippen LogP contribution is -2.51. The second-order valence-corrected chi connectivity index (χ2v) is 3.53. The molecule has 2 unspecified atom stereocenters. The van der Waals surface area contributed by atoms with Crippen molar-refractivity contribution in [2.24, 2.45) is 5.41 Å². The van der Waals surface area contributed by atoms with E-state index in [1.807, 2.05) is 0 Å². The molecule has 62 valence electrons. The molecule has 0 saturated carbocycles. The number of ether oxygens (including phenoxy) is 1. The fraction of sp³-hybridized carbons (Fsp3) is 0.857. The number of nitrogens with one attached hydrogen (secondary N) is 2. The zero-order valence-corrected chi connectivity index (χ0v) is 6.52. The predicted molar refractivity (Wildman–Crippen MR) is 39.2 cm³/mol. The average molecular weight is 156 g/mol. The molecule has 0 spiro atoms. The van der Waals surface area contributed by atoms with Crippen molar-refractivity contribution in [3.63, 3.8) is 0 Å². The summed E-state index contributed by atoms with van der Waals surface area (Å²) in [6, 6.07) is 0. The van der Waals surface area contributed by atoms with Crippen molar-refractivity contribution in [3.05, 3.63) is 0 Å². The molecule has 2 N–H and O–H groups in total. The molecule has 0 aromatic rings. The van der Waals surface area contributed by atoms with E-state index >= 15 is 0 Å². The SMILES string of the molecule is CC12CNCC1OC(=O)NC2. The summed E-state index contributed by atoms with van der Waals surface area (Å²) in [6.45, 7) is 4.57. The lowest BCUT2D eigenvalue weighted by Gasteiger charge is -2.34. The Bertz CT molecular complexity index is 195. The Morgan fingerprint density at radius 2 is 2.45 bits per heavy atom. The highest BCUT2D eigenvalue weighted by Gasteiger charge is 2.44. The second-order valence-electron chi connectivity index (χ2n) is 3.53. The van der Waals surface area contributed by atoms with Gasteiger partial charge in [0.15, 0.2) is 0 Å². The zero-order valence-electron chi connectivity index (χ0n) is 6.52. The standard InChI is InChI=1S/C7H12N2O2/c1-7-3-8-2-5(7)11-6(10)9-4-7/h5,8H,2-4H2,1H3,(H,9,10). The van der Waals surface area contributed by atoms with Crippen LogP contribution in [-0.4, -0.2) is 31.8 Å². The number of hydrogen-bond donors (Lipinski definition) is 2. The Balaban J connectivity index is 2.14. The van der Waals surface area contributed by atoms with Crippen LogP contribution >= 0.6 is 0 Å². The molecule has 0 aliphatic carbocycles. The summed E-state index contributed by atoms with van der Waals surface area (Å²) in [4.78, 5) is 10.8. The first-order chi connectivity index (χ1) is 5.21. The first-order valence-electron chi connectivity index (χ1n) is 3.86. The number of amides is 1. The number of alkyl carbamates (subject to hydrolysis) is 1. The van der Waals surface area contributed by atoms with Crippen molar-refractivity contribution in [3.8, 4) is 0 Å². The maximum absolute atomic E-state index is 10.8. The van der Waals surface area contributed by atoms with Gasteiger partial charge in [0.2, 0.25) is 0 Å². The largest absolute Gasteiger partial charge is 0.444 e. The quantitative estimate of drug-likeness (QED) is 0.506. The van der Waals surface area contributed by atoms with Gasteiger partial charge in [-0.3, -0.25) is 0 Å². The zero-order chi connectivity index (χ0) is 7.90. The van der Waals surface area contributed by atoms with Crippen molar-refractivity contribution in [2.45, 2.75) is 13.0 Å². The lowest BCUT2D eigenvalue weighted by atomic mass is 9.86. The van der Waals surface area contributed by atoms with Crippen LogP contribution in [0.3, 0.4) is 0 Å². The van der Waals surface area contributed by atoms with Gasteiger partial charge in [0, 0.05) is 25.0 Å². The van der Waals surface area contributed by atoms with Crippen molar-refractivity contribution in [1.29, 1.82) is 0 Å². The van der Waals surface area contributed by atoms with E-state index in [9.17, 15) is 4.79 Å². The van der Waals surface area contributed by atoms with Crippen molar-refractivity contribution in [1.82, 2.24) is 10.6 Å². The number of rotatable bonds is 0. The van der Waals surface area contributed by atoms with Gasteiger partial charge in [-0.15, -0.1) is 0 Å². The van der Waals surface area contributed by atoms with Crippen LogP contribution in [-0.2, 0) is 4.74 Å². The Kier molecular flexibility index (Phi) is 1.32. The molecule has 0 bridgehead atoms. The average Bonchev–Trinajstić information content (AvgIpc) is 2.31. The summed E-state index contributed by atoms with van der Waals surface area (Å²) in [7, 11) is 0. The van der Waals surface area contributed by atoms with Crippen LogP contribution in [0.5, 0.6) is 0 Å². The lowest BCUT2D eigenvalue weighted by molar-refractivity contribution is 0.0193. The molecule has 4 nitrogen and oxygen atoms in total. The Morgan fingerprint density at radius 3 is 3.27 bits per heavy atom. The molecular formula is C7H12N2O2. The van der Waals surface area contributed by atoms with E-state index in [1.165, 1.54) is 0 Å². The fourth-order valence-corrected chi connectivity index (χ4v) is 1.65. The summed E-state index contributed by atoms with van der Waals surface area (Å²) in [5.74, 6) is 0. The van der Waals surface area contributed by atoms with E-state index in [4.69, 9.17) is 4.74 Å². The topological polar surface area (TPSA) is 50.4 Å². The van der Waals surface area contributed by atoms with Crippen LogP contribution in [0.15, 0.2) is 0 Å². The Labute approximate surface area is 65.3 Å². The fourth-order valence-electron chi connectivity index (χ4n) is 1.65. The van der Waals surface area contributed by atoms with Crippen molar-refractivity contribution < 1.29 is 9.53 Å². The minimum Gasteiger partial charge on any atom is -0.444 e. The van der Waals surface area contributed by atoms with Crippen molar-refractivity contribution >= 4 is 6.09 Å². The molecule has 0 aromatic carbocycles. The van der Waals surface area contributed by atoms with Crippen molar-refractivity contribution in [2.75, 3.05) is 19.6 Å². The molecule has 2 aliphatic rings. The first kappa shape index (κ1) is 6.91. The van der Waals surface area contributed by atoms with Gasteiger partial charge < -0.3 is 15.4 Å². The number of carbonyl (C=O) groups is 1. The molecule has 0 aromatic heterocycles. The number of fused-ring (bicyclic) bond motifs is 1. The smallest absolute Gasteiger partial charge is 0.407 e. The summed E-state index contributed by atoms with van der Waals surface area (Å²) in [6.07, 6.45) is -0.215. The van der Waals surface area contributed by atoms with Crippen LogP contribution in [0.4, 0.5) is 4.79 Å². The predicted octanol–water partition coefficient (Wildman–Crippen LogP) is -0.296. The van der Waals surface area contributed by atoms with Gasteiger partial charge in [-0.25, -0.2) is 4.79 Å². The molecule has 2 aliphatic heterocycles. The van der Waals surface area contributed by atoms with Gasteiger partial charge in [0.1, 0.15) is 6.10 Å². The number of hydrogen-bond acceptors (Lipinski definition) is 3. The Morgan fingerprint density at radius 1 is 1.64 bits per heavy atom. The van der Waals surface area contributed by atoms with Crippen LogP contribution < -0.4 is 10.6 Å². The molecule has 2 heterocycles. The van der Waals surface area contributed by atoms with E-state index in [1.54, 1.807) is 0 Å².